The summed E-state index contributed by atoms with van der Waals surface area (Å²) in [7, 11) is 0. The van der Waals surface area contributed by atoms with E-state index < -0.39 is 5.91 Å². The van der Waals surface area contributed by atoms with Crippen LogP contribution in [0.15, 0.2) is 17.7 Å². The van der Waals surface area contributed by atoms with Crippen molar-refractivity contribution in [3.63, 3.8) is 0 Å². The van der Waals surface area contributed by atoms with E-state index in [1.165, 1.54) is 17.5 Å². The van der Waals surface area contributed by atoms with Crippen molar-refractivity contribution >= 4 is 17.2 Å². The van der Waals surface area contributed by atoms with Crippen LogP contribution >= 0.6 is 11.3 Å². The SMILES string of the molecule is NC=CCc1csc(C(N)=O)n1. The Bertz CT molecular complexity index is 305. The van der Waals surface area contributed by atoms with Crippen molar-refractivity contribution in [1.82, 2.24) is 4.98 Å². The third-order valence-corrected chi connectivity index (χ3v) is 2.13. The van der Waals surface area contributed by atoms with Crippen molar-refractivity contribution in [2.45, 2.75) is 6.42 Å². The fourth-order valence-corrected chi connectivity index (χ4v) is 1.39. The number of nitrogens with two attached hydrogens (primary N) is 2. The van der Waals surface area contributed by atoms with Crippen LogP contribution in [0, 0.1) is 0 Å². The molecule has 4 N–H and O–H groups in total. The summed E-state index contributed by atoms with van der Waals surface area (Å²) in [5.74, 6) is -0.483. The highest BCUT2D eigenvalue weighted by atomic mass is 32.1. The second-order valence-electron chi connectivity index (χ2n) is 2.14. The molecule has 1 aromatic heterocycles. The molecule has 5 heteroatoms. The minimum absolute atomic E-state index is 0.343. The van der Waals surface area contributed by atoms with Gasteiger partial charge in [0.2, 0.25) is 0 Å². The highest BCUT2D eigenvalue weighted by Crippen LogP contribution is 2.09. The molecule has 0 saturated carbocycles. The molecule has 4 nitrogen and oxygen atoms in total. The fraction of sp³-hybridized carbons (Fsp3) is 0.143. The average molecular weight is 183 g/mol. The second-order valence-corrected chi connectivity index (χ2v) is 3.00. The zero-order valence-electron chi connectivity index (χ0n) is 6.36. The van der Waals surface area contributed by atoms with Gasteiger partial charge in [-0.1, -0.05) is 6.08 Å². The number of hydrogen-bond donors (Lipinski definition) is 2. The Morgan fingerprint density at radius 3 is 3.00 bits per heavy atom. The Labute approximate surface area is 73.9 Å². The number of allylic oxidation sites excluding steroid dienone is 1. The zero-order chi connectivity index (χ0) is 8.97. The highest BCUT2D eigenvalue weighted by Gasteiger charge is 2.04. The molecule has 1 rings (SSSR count). The third-order valence-electron chi connectivity index (χ3n) is 1.23. The molecule has 0 fully saturated rings. The molecule has 0 aliphatic rings. The van der Waals surface area contributed by atoms with E-state index in [1.54, 1.807) is 11.5 Å². The van der Waals surface area contributed by atoms with Crippen LogP contribution in [-0.2, 0) is 6.42 Å². The van der Waals surface area contributed by atoms with Crippen molar-refractivity contribution < 1.29 is 4.79 Å². The zero-order valence-corrected chi connectivity index (χ0v) is 7.17. The molecule has 0 aliphatic heterocycles. The third kappa shape index (κ3) is 2.06. The van der Waals surface area contributed by atoms with Gasteiger partial charge in [-0.05, 0) is 6.20 Å². The van der Waals surface area contributed by atoms with E-state index in [-0.39, 0.29) is 0 Å². The van der Waals surface area contributed by atoms with Crippen LogP contribution in [0.1, 0.15) is 15.5 Å². The summed E-state index contributed by atoms with van der Waals surface area (Å²) < 4.78 is 0. The first kappa shape index (κ1) is 8.73. The first-order chi connectivity index (χ1) is 5.74. The van der Waals surface area contributed by atoms with Gasteiger partial charge in [-0.2, -0.15) is 0 Å². The summed E-state index contributed by atoms with van der Waals surface area (Å²) in [6.45, 7) is 0. The first-order valence-electron chi connectivity index (χ1n) is 3.35. The molecule has 64 valence electrons. The maximum Gasteiger partial charge on any atom is 0.277 e. The van der Waals surface area contributed by atoms with E-state index in [2.05, 4.69) is 4.98 Å². The van der Waals surface area contributed by atoms with Gasteiger partial charge in [0.1, 0.15) is 0 Å². The summed E-state index contributed by atoms with van der Waals surface area (Å²) in [4.78, 5) is 14.6. The molecule has 0 bridgehead atoms. The van der Waals surface area contributed by atoms with Crippen molar-refractivity contribution in [2.24, 2.45) is 11.5 Å². The van der Waals surface area contributed by atoms with Crippen LogP contribution in [0.3, 0.4) is 0 Å². The largest absolute Gasteiger partial charge is 0.405 e. The predicted octanol–water partition coefficient (Wildman–Crippen LogP) is 0.257. The van der Waals surface area contributed by atoms with E-state index in [4.69, 9.17) is 11.5 Å². The molecule has 12 heavy (non-hydrogen) atoms. The number of hydrogen-bond acceptors (Lipinski definition) is 4. The highest BCUT2D eigenvalue weighted by molar-refractivity contribution is 7.11. The molecule has 0 radical (unpaired) electrons. The minimum atomic E-state index is -0.483. The van der Waals surface area contributed by atoms with Gasteiger partial charge in [-0.3, -0.25) is 4.79 Å². The van der Waals surface area contributed by atoms with Crippen LogP contribution in [0.5, 0.6) is 0 Å². The molecular weight excluding hydrogens is 174 g/mol. The molecule has 1 aromatic rings. The number of carbonyl (C=O) groups excluding carboxylic acids is 1. The average Bonchev–Trinajstić information content (AvgIpc) is 2.48. The maximum atomic E-state index is 10.6. The summed E-state index contributed by atoms with van der Waals surface area (Å²) in [6, 6.07) is 0. The Morgan fingerprint density at radius 2 is 2.50 bits per heavy atom. The molecule has 0 spiro atoms. The van der Waals surface area contributed by atoms with E-state index in [9.17, 15) is 4.79 Å². The second kappa shape index (κ2) is 3.87. The van der Waals surface area contributed by atoms with Crippen LogP contribution < -0.4 is 11.5 Å². The van der Waals surface area contributed by atoms with Gasteiger partial charge in [-0.15, -0.1) is 11.3 Å². The monoisotopic (exact) mass is 183 g/mol. The van der Waals surface area contributed by atoms with Gasteiger partial charge in [0.15, 0.2) is 5.01 Å². The fourth-order valence-electron chi connectivity index (χ4n) is 0.703. The molecule has 1 amide bonds. The lowest BCUT2D eigenvalue weighted by molar-refractivity contribution is 0.1000. The Hall–Kier alpha value is -1.36. The summed E-state index contributed by atoms with van der Waals surface area (Å²) >= 11 is 1.25. The van der Waals surface area contributed by atoms with Crippen LogP contribution in [-0.4, -0.2) is 10.9 Å². The number of primary amides is 1. The van der Waals surface area contributed by atoms with Gasteiger partial charge in [-0.25, -0.2) is 4.98 Å². The molecule has 0 aliphatic carbocycles. The molecule has 1 heterocycles. The van der Waals surface area contributed by atoms with Crippen molar-refractivity contribution in [3.8, 4) is 0 Å². The summed E-state index contributed by atoms with van der Waals surface area (Å²) in [6.07, 6.45) is 3.85. The van der Waals surface area contributed by atoms with E-state index in [0.717, 1.165) is 5.69 Å². The van der Waals surface area contributed by atoms with Gasteiger partial charge in [0.05, 0.1) is 5.69 Å². The topological polar surface area (TPSA) is 82.0 Å². The van der Waals surface area contributed by atoms with Crippen molar-refractivity contribution in [2.75, 3.05) is 0 Å². The molecule has 0 atom stereocenters. The Balaban J connectivity index is 2.70. The molecule has 0 saturated heterocycles. The van der Waals surface area contributed by atoms with Crippen molar-refractivity contribution in [1.29, 1.82) is 0 Å². The minimum Gasteiger partial charge on any atom is -0.405 e. The lowest BCUT2D eigenvalue weighted by atomic mass is 10.3. The van der Waals surface area contributed by atoms with E-state index in [1.807, 2.05) is 0 Å². The lowest BCUT2D eigenvalue weighted by Crippen LogP contribution is -2.10. The predicted molar refractivity (Wildman–Crippen MR) is 47.7 cm³/mol. The summed E-state index contributed by atoms with van der Waals surface area (Å²) in [5, 5.41) is 2.13. The molecule has 0 unspecified atom stereocenters. The quantitative estimate of drug-likeness (QED) is 0.705. The molecular formula is C7H9N3OS. The van der Waals surface area contributed by atoms with Crippen LogP contribution in [0.25, 0.3) is 0 Å². The normalized spacial score (nSPS) is 10.7. The number of nitrogens with zero attached hydrogens (tertiary/aromatic N) is 1. The smallest absolute Gasteiger partial charge is 0.277 e. The Kier molecular flexibility index (Phi) is 2.82. The number of thiazole rings is 1. The summed E-state index contributed by atoms with van der Waals surface area (Å²) in [5.41, 5.74) is 11.0. The number of aromatic nitrogens is 1. The number of rotatable bonds is 3. The number of carbonyl (C=O) groups is 1. The Morgan fingerprint density at radius 1 is 1.75 bits per heavy atom. The van der Waals surface area contributed by atoms with E-state index >= 15 is 0 Å². The lowest BCUT2D eigenvalue weighted by Gasteiger charge is -1.85. The van der Waals surface area contributed by atoms with Gasteiger partial charge in [0.25, 0.3) is 5.91 Å². The number of amides is 1. The standard InChI is InChI=1S/C7H9N3OS/c8-3-1-2-5-4-12-7(10-5)6(9)11/h1,3-4H,2,8H2,(H2,9,11). The van der Waals surface area contributed by atoms with Crippen LogP contribution in [0.2, 0.25) is 0 Å². The van der Waals surface area contributed by atoms with E-state index in [0.29, 0.717) is 11.4 Å². The van der Waals surface area contributed by atoms with Gasteiger partial charge in [0, 0.05) is 11.8 Å². The first-order valence-corrected chi connectivity index (χ1v) is 4.23. The maximum absolute atomic E-state index is 10.6. The van der Waals surface area contributed by atoms with Crippen molar-refractivity contribution in [3.05, 3.63) is 28.4 Å². The molecule has 0 aromatic carbocycles. The van der Waals surface area contributed by atoms with Crippen LogP contribution in [0.4, 0.5) is 0 Å². The van der Waals surface area contributed by atoms with Gasteiger partial charge >= 0.3 is 0 Å². The van der Waals surface area contributed by atoms with Gasteiger partial charge < -0.3 is 11.5 Å².